The van der Waals surface area contributed by atoms with Crippen molar-refractivity contribution >= 4 is 0 Å². The SMILES string of the molecule is CC(C)Oc1cncc(C(CC2CCCC2)NN)c1. The number of nitrogens with two attached hydrogens (primary N) is 1. The van der Waals surface area contributed by atoms with E-state index in [2.05, 4.69) is 10.4 Å². The lowest BCUT2D eigenvalue weighted by Gasteiger charge is -2.20. The van der Waals surface area contributed by atoms with Gasteiger partial charge in [0.2, 0.25) is 0 Å². The molecule has 19 heavy (non-hydrogen) atoms. The normalized spacial score (nSPS) is 17.9. The topological polar surface area (TPSA) is 60.2 Å². The van der Waals surface area contributed by atoms with Crippen molar-refractivity contribution in [3.63, 3.8) is 0 Å². The summed E-state index contributed by atoms with van der Waals surface area (Å²) in [5, 5.41) is 0. The largest absolute Gasteiger partial charge is 0.489 e. The number of nitrogens with one attached hydrogen (secondary N) is 1. The van der Waals surface area contributed by atoms with Crippen molar-refractivity contribution in [1.29, 1.82) is 0 Å². The van der Waals surface area contributed by atoms with Crippen LogP contribution in [0.25, 0.3) is 0 Å². The molecule has 0 amide bonds. The molecular weight excluding hydrogens is 238 g/mol. The first-order valence-corrected chi connectivity index (χ1v) is 7.26. The van der Waals surface area contributed by atoms with E-state index in [9.17, 15) is 0 Å². The van der Waals surface area contributed by atoms with Gasteiger partial charge in [-0.1, -0.05) is 25.7 Å². The minimum absolute atomic E-state index is 0.163. The van der Waals surface area contributed by atoms with Gasteiger partial charge in [-0.2, -0.15) is 0 Å². The monoisotopic (exact) mass is 263 g/mol. The molecule has 0 aliphatic heterocycles. The Hall–Kier alpha value is -1.13. The molecule has 2 rings (SSSR count). The summed E-state index contributed by atoms with van der Waals surface area (Å²) in [6.07, 6.45) is 10.3. The molecule has 4 nitrogen and oxygen atoms in total. The van der Waals surface area contributed by atoms with Crippen LogP contribution in [0.15, 0.2) is 18.5 Å². The molecule has 1 aromatic rings. The highest BCUT2D eigenvalue weighted by Gasteiger charge is 2.21. The molecule has 1 fully saturated rings. The molecule has 0 spiro atoms. The average Bonchev–Trinajstić information content (AvgIpc) is 2.88. The number of hydrogen-bond acceptors (Lipinski definition) is 4. The van der Waals surface area contributed by atoms with Crippen LogP contribution >= 0.6 is 0 Å². The van der Waals surface area contributed by atoms with E-state index in [1.54, 1.807) is 6.20 Å². The molecule has 3 N–H and O–H groups in total. The molecule has 106 valence electrons. The van der Waals surface area contributed by atoms with Crippen molar-refractivity contribution < 1.29 is 4.74 Å². The highest BCUT2D eigenvalue weighted by Crippen LogP contribution is 2.33. The molecule has 1 heterocycles. The van der Waals surface area contributed by atoms with Crippen LogP contribution in [0.4, 0.5) is 0 Å². The lowest BCUT2D eigenvalue weighted by molar-refractivity contribution is 0.241. The highest BCUT2D eigenvalue weighted by molar-refractivity contribution is 5.26. The predicted molar refractivity (Wildman–Crippen MR) is 76.6 cm³/mol. The van der Waals surface area contributed by atoms with E-state index in [4.69, 9.17) is 10.6 Å². The van der Waals surface area contributed by atoms with Gasteiger partial charge >= 0.3 is 0 Å². The van der Waals surface area contributed by atoms with Gasteiger partial charge < -0.3 is 4.74 Å². The molecule has 1 saturated carbocycles. The van der Waals surface area contributed by atoms with Crippen LogP contribution in [-0.4, -0.2) is 11.1 Å². The zero-order valence-corrected chi connectivity index (χ0v) is 11.9. The van der Waals surface area contributed by atoms with Gasteiger partial charge in [0.15, 0.2) is 0 Å². The van der Waals surface area contributed by atoms with E-state index in [1.165, 1.54) is 25.7 Å². The molecule has 4 heteroatoms. The Bertz CT molecular complexity index is 389. The van der Waals surface area contributed by atoms with E-state index in [1.807, 2.05) is 26.1 Å². The maximum atomic E-state index is 5.72. The molecule has 1 unspecified atom stereocenters. The van der Waals surface area contributed by atoms with E-state index in [-0.39, 0.29) is 12.1 Å². The third kappa shape index (κ3) is 4.18. The van der Waals surface area contributed by atoms with Crippen molar-refractivity contribution in [2.24, 2.45) is 11.8 Å². The maximum Gasteiger partial charge on any atom is 0.138 e. The van der Waals surface area contributed by atoms with Gasteiger partial charge in [0.25, 0.3) is 0 Å². The van der Waals surface area contributed by atoms with Crippen molar-refractivity contribution in [3.8, 4) is 5.75 Å². The fraction of sp³-hybridized carbons (Fsp3) is 0.667. The number of pyridine rings is 1. The highest BCUT2D eigenvalue weighted by atomic mass is 16.5. The van der Waals surface area contributed by atoms with Gasteiger partial charge in [0, 0.05) is 12.2 Å². The Kier molecular flexibility index (Phi) is 5.16. The quantitative estimate of drug-likeness (QED) is 0.612. The lowest BCUT2D eigenvalue weighted by Crippen LogP contribution is -2.29. The van der Waals surface area contributed by atoms with Crippen LogP contribution in [0, 0.1) is 5.92 Å². The standard InChI is InChI=1S/C15H25N3O/c1-11(2)19-14-8-13(9-17-10-14)15(18-16)7-12-5-3-4-6-12/h8-12,15,18H,3-7,16H2,1-2H3. The van der Waals surface area contributed by atoms with Gasteiger partial charge in [0.1, 0.15) is 5.75 Å². The zero-order valence-electron chi connectivity index (χ0n) is 11.9. The van der Waals surface area contributed by atoms with Crippen LogP contribution in [0.2, 0.25) is 0 Å². The van der Waals surface area contributed by atoms with Crippen molar-refractivity contribution in [2.45, 2.75) is 58.1 Å². The van der Waals surface area contributed by atoms with Crippen LogP contribution in [0.1, 0.15) is 57.6 Å². The summed E-state index contributed by atoms with van der Waals surface area (Å²) < 4.78 is 5.69. The first kappa shape index (κ1) is 14.3. The Morgan fingerprint density at radius 1 is 1.37 bits per heavy atom. The molecular formula is C15H25N3O. The number of nitrogens with zero attached hydrogens (tertiary/aromatic N) is 1. The minimum Gasteiger partial charge on any atom is -0.489 e. The van der Waals surface area contributed by atoms with Crippen LogP contribution in [-0.2, 0) is 0 Å². The maximum absolute atomic E-state index is 5.72. The summed E-state index contributed by atoms with van der Waals surface area (Å²) in [5.74, 6) is 7.32. The fourth-order valence-corrected chi connectivity index (χ4v) is 2.84. The molecule has 0 bridgehead atoms. The van der Waals surface area contributed by atoms with Gasteiger partial charge in [-0.05, 0) is 37.8 Å². The van der Waals surface area contributed by atoms with Gasteiger partial charge in [-0.3, -0.25) is 16.3 Å². The van der Waals surface area contributed by atoms with E-state index in [0.717, 1.165) is 23.7 Å². The van der Waals surface area contributed by atoms with Crippen molar-refractivity contribution in [2.75, 3.05) is 0 Å². The van der Waals surface area contributed by atoms with Crippen molar-refractivity contribution in [3.05, 3.63) is 24.0 Å². The number of hydrazine groups is 1. The molecule has 0 aromatic carbocycles. The van der Waals surface area contributed by atoms with Gasteiger partial charge in [-0.25, -0.2) is 0 Å². The summed E-state index contributed by atoms with van der Waals surface area (Å²) in [7, 11) is 0. The first-order chi connectivity index (χ1) is 9.19. The summed E-state index contributed by atoms with van der Waals surface area (Å²) in [5.41, 5.74) is 4.05. The second kappa shape index (κ2) is 6.87. The number of rotatable bonds is 6. The molecule has 1 aromatic heterocycles. The Labute approximate surface area is 115 Å². The molecule has 1 aliphatic carbocycles. The van der Waals surface area contributed by atoms with Gasteiger partial charge in [0.05, 0.1) is 12.3 Å². The summed E-state index contributed by atoms with van der Waals surface area (Å²) in [6, 6.07) is 2.22. The second-order valence-corrected chi connectivity index (χ2v) is 5.73. The fourth-order valence-electron chi connectivity index (χ4n) is 2.84. The molecule has 1 atom stereocenters. The summed E-state index contributed by atoms with van der Waals surface area (Å²) >= 11 is 0. The Balaban J connectivity index is 2.04. The first-order valence-electron chi connectivity index (χ1n) is 7.26. The third-order valence-corrected chi connectivity index (χ3v) is 3.75. The summed E-state index contributed by atoms with van der Waals surface area (Å²) in [4.78, 5) is 4.26. The van der Waals surface area contributed by atoms with Crippen LogP contribution in [0.5, 0.6) is 5.75 Å². The van der Waals surface area contributed by atoms with Crippen molar-refractivity contribution in [1.82, 2.24) is 10.4 Å². The van der Waals surface area contributed by atoms with Crippen LogP contribution < -0.4 is 16.0 Å². The van der Waals surface area contributed by atoms with E-state index >= 15 is 0 Å². The number of aromatic nitrogens is 1. The Morgan fingerprint density at radius 3 is 2.74 bits per heavy atom. The van der Waals surface area contributed by atoms with E-state index < -0.39 is 0 Å². The van der Waals surface area contributed by atoms with E-state index in [0.29, 0.717) is 0 Å². The summed E-state index contributed by atoms with van der Waals surface area (Å²) in [6.45, 7) is 4.04. The number of ether oxygens (including phenoxy) is 1. The number of hydrogen-bond donors (Lipinski definition) is 2. The smallest absolute Gasteiger partial charge is 0.138 e. The lowest BCUT2D eigenvalue weighted by atomic mass is 9.95. The molecule has 1 aliphatic rings. The molecule has 0 saturated heterocycles. The Morgan fingerprint density at radius 2 is 2.11 bits per heavy atom. The predicted octanol–water partition coefficient (Wildman–Crippen LogP) is 2.95. The van der Waals surface area contributed by atoms with Crippen LogP contribution in [0.3, 0.4) is 0 Å². The molecule has 0 radical (unpaired) electrons. The zero-order chi connectivity index (χ0) is 13.7. The minimum atomic E-state index is 0.163. The average molecular weight is 263 g/mol. The second-order valence-electron chi connectivity index (χ2n) is 5.73. The van der Waals surface area contributed by atoms with Gasteiger partial charge in [-0.15, -0.1) is 0 Å². The third-order valence-electron chi connectivity index (χ3n) is 3.75.